The highest BCUT2D eigenvalue weighted by Crippen LogP contribution is 2.35. The summed E-state index contributed by atoms with van der Waals surface area (Å²) in [6.45, 7) is 4.00. The van der Waals surface area contributed by atoms with E-state index in [0.29, 0.717) is 5.92 Å². The van der Waals surface area contributed by atoms with Crippen LogP contribution in [-0.2, 0) is 0 Å². The average Bonchev–Trinajstić information content (AvgIpc) is 2.42. The largest absolute Gasteiger partial charge is 0.495 e. The monoisotopic (exact) mass is 235 g/mol. The lowest BCUT2D eigenvalue weighted by molar-refractivity contribution is 0.415. The van der Waals surface area contributed by atoms with Gasteiger partial charge in [0.05, 0.1) is 12.8 Å². The van der Waals surface area contributed by atoms with Crippen molar-refractivity contribution in [1.29, 1.82) is 0 Å². The Morgan fingerprint density at radius 3 is 2.29 bits per heavy atom. The third-order valence-corrected chi connectivity index (χ3v) is 3.33. The van der Waals surface area contributed by atoms with Gasteiger partial charge in [0.15, 0.2) is 0 Å². The first-order chi connectivity index (χ1) is 8.31. The molecule has 2 heteroatoms. The van der Waals surface area contributed by atoms with E-state index in [4.69, 9.17) is 10.5 Å². The Kier molecular flexibility index (Phi) is 5.88. The predicted molar refractivity (Wildman–Crippen MR) is 74.6 cm³/mol. The third-order valence-electron chi connectivity index (χ3n) is 3.33. The molecule has 1 aliphatic rings. The van der Waals surface area contributed by atoms with Gasteiger partial charge in [0.2, 0.25) is 0 Å². The molecule has 0 bridgehead atoms. The van der Waals surface area contributed by atoms with E-state index in [1.807, 2.05) is 19.9 Å². The summed E-state index contributed by atoms with van der Waals surface area (Å²) in [5.41, 5.74) is 8.06. The Labute approximate surface area is 105 Å². The molecule has 2 N–H and O–H groups in total. The topological polar surface area (TPSA) is 35.2 Å². The quantitative estimate of drug-likeness (QED) is 0.773. The van der Waals surface area contributed by atoms with Crippen LogP contribution in [0.2, 0.25) is 0 Å². The van der Waals surface area contributed by atoms with Crippen LogP contribution in [0, 0.1) is 0 Å². The molecule has 1 saturated carbocycles. The fourth-order valence-corrected chi connectivity index (χ4v) is 2.44. The predicted octanol–water partition coefficient (Wildman–Crippen LogP) is 4.35. The summed E-state index contributed by atoms with van der Waals surface area (Å²) in [6, 6.07) is 6.22. The maximum atomic E-state index is 5.91. The highest BCUT2D eigenvalue weighted by atomic mass is 16.5. The van der Waals surface area contributed by atoms with Gasteiger partial charge in [-0.05, 0) is 36.5 Å². The maximum Gasteiger partial charge on any atom is 0.141 e. The van der Waals surface area contributed by atoms with Gasteiger partial charge in [-0.25, -0.2) is 0 Å². The van der Waals surface area contributed by atoms with Crippen molar-refractivity contribution in [2.75, 3.05) is 12.8 Å². The molecule has 0 unspecified atom stereocenters. The summed E-state index contributed by atoms with van der Waals surface area (Å²) in [7, 11) is 1.66. The average molecular weight is 235 g/mol. The van der Waals surface area contributed by atoms with E-state index in [0.717, 1.165) is 11.4 Å². The molecular formula is C15H25NO. The zero-order valence-corrected chi connectivity index (χ0v) is 11.3. The minimum absolute atomic E-state index is 0.715. The molecule has 1 aromatic rings. The molecule has 96 valence electrons. The minimum Gasteiger partial charge on any atom is -0.495 e. The maximum absolute atomic E-state index is 5.91. The summed E-state index contributed by atoms with van der Waals surface area (Å²) in [4.78, 5) is 0. The molecule has 2 rings (SSSR count). The minimum atomic E-state index is 0.715. The van der Waals surface area contributed by atoms with Gasteiger partial charge in [0, 0.05) is 0 Å². The first kappa shape index (κ1) is 13.9. The Balaban J connectivity index is 0.000000686. The SMILES string of the molecule is CC.COc1ccc(C2CCCCC2)cc1N. The number of ether oxygens (including phenoxy) is 1. The Morgan fingerprint density at radius 2 is 1.76 bits per heavy atom. The van der Waals surface area contributed by atoms with E-state index < -0.39 is 0 Å². The number of hydrogen-bond donors (Lipinski definition) is 1. The van der Waals surface area contributed by atoms with Crippen LogP contribution < -0.4 is 10.5 Å². The van der Waals surface area contributed by atoms with E-state index in [2.05, 4.69) is 12.1 Å². The molecule has 1 aliphatic carbocycles. The van der Waals surface area contributed by atoms with E-state index >= 15 is 0 Å². The standard InChI is InChI=1S/C13H19NO.C2H6/c1-15-13-8-7-11(9-12(13)14)10-5-3-2-4-6-10;1-2/h7-10H,2-6,14H2,1H3;1-2H3. The van der Waals surface area contributed by atoms with Crippen LogP contribution in [0.5, 0.6) is 5.75 Å². The lowest BCUT2D eigenvalue weighted by Crippen LogP contribution is -2.05. The zero-order chi connectivity index (χ0) is 12.7. The van der Waals surface area contributed by atoms with Crippen LogP contribution in [0.1, 0.15) is 57.4 Å². The second-order valence-corrected chi connectivity index (χ2v) is 4.34. The molecular weight excluding hydrogens is 210 g/mol. The molecule has 0 atom stereocenters. The summed E-state index contributed by atoms with van der Waals surface area (Å²) < 4.78 is 5.16. The van der Waals surface area contributed by atoms with E-state index in [1.54, 1.807) is 7.11 Å². The fourth-order valence-electron chi connectivity index (χ4n) is 2.44. The zero-order valence-electron chi connectivity index (χ0n) is 11.3. The van der Waals surface area contributed by atoms with Gasteiger partial charge in [-0.2, -0.15) is 0 Å². The molecule has 0 radical (unpaired) electrons. The molecule has 17 heavy (non-hydrogen) atoms. The number of methoxy groups -OCH3 is 1. The van der Waals surface area contributed by atoms with Gasteiger partial charge in [-0.15, -0.1) is 0 Å². The Hall–Kier alpha value is -1.18. The Bertz CT molecular complexity index is 330. The van der Waals surface area contributed by atoms with Crippen molar-refractivity contribution in [2.45, 2.75) is 51.9 Å². The lowest BCUT2D eigenvalue weighted by atomic mass is 9.84. The van der Waals surface area contributed by atoms with E-state index in [-0.39, 0.29) is 0 Å². The van der Waals surface area contributed by atoms with Crippen molar-refractivity contribution in [1.82, 2.24) is 0 Å². The van der Waals surface area contributed by atoms with Gasteiger partial charge in [0.1, 0.15) is 5.75 Å². The van der Waals surface area contributed by atoms with Crippen LogP contribution >= 0.6 is 0 Å². The van der Waals surface area contributed by atoms with Crippen LogP contribution in [0.25, 0.3) is 0 Å². The van der Waals surface area contributed by atoms with E-state index in [9.17, 15) is 0 Å². The smallest absolute Gasteiger partial charge is 0.141 e. The molecule has 0 spiro atoms. The van der Waals surface area contributed by atoms with Gasteiger partial charge in [-0.1, -0.05) is 39.2 Å². The molecule has 0 aromatic heterocycles. The van der Waals surface area contributed by atoms with Crippen molar-refractivity contribution in [2.24, 2.45) is 0 Å². The molecule has 0 heterocycles. The summed E-state index contributed by atoms with van der Waals surface area (Å²) in [6.07, 6.45) is 6.73. The first-order valence-corrected chi connectivity index (χ1v) is 6.74. The molecule has 1 fully saturated rings. The van der Waals surface area contributed by atoms with Crippen molar-refractivity contribution in [3.05, 3.63) is 23.8 Å². The Morgan fingerprint density at radius 1 is 1.12 bits per heavy atom. The molecule has 2 nitrogen and oxygen atoms in total. The third kappa shape index (κ3) is 3.65. The van der Waals surface area contributed by atoms with E-state index in [1.165, 1.54) is 37.7 Å². The highest BCUT2D eigenvalue weighted by Gasteiger charge is 2.16. The van der Waals surface area contributed by atoms with Crippen molar-refractivity contribution >= 4 is 5.69 Å². The summed E-state index contributed by atoms with van der Waals surface area (Å²) in [5, 5.41) is 0. The molecule has 1 aromatic carbocycles. The van der Waals surface area contributed by atoms with Gasteiger partial charge >= 0.3 is 0 Å². The number of benzene rings is 1. The second kappa shape index (κ2) is 7.21. The number of rotatable bonds is 2. The number of hydrogen-bond acceptors (Lipinski definition) is 2. The summed E-state index contributed by atoms with van der Waals surface area (Å²) in [5.74, 6) is 1.50. The van der Waals surface area contributed by atoms with Crippen LogP contribution in [-0.4, -0.2) is 7.11 Å². The number of anilines is 1. The van der Waals surface area contributed by atoms with Gasteiger partial charge < -0.3 is 10.5 Å². The molecule has 0 aliphatic heterocycles. The first-order valence-electron chi connectivity index (χ1n) is 6.74. The van der Waals surface area contributed by atoms with Crippen molar-refractivity contribution in [3.63, 3.8) is 0 Å². The molecule has 0 saturated heterocycles. The lowest BCUT2D eigenvalue weighted by Gasteiger charge is -2.22. The second-order valence-electron chi connectivity index (χ2n) is 4.34. The van der Waals surface area contributed by atoms with Crippen molar-refractivity contribution < 1.29 is 4.74 Å². The molecule has 0 amide bonds. The van der Waals surface area contributed by atoms with Crippen LogP contribution in [0.4, 0.5) is 5.69 Å². The van der Waals surface area contributed by atoms with Gasteiger partial charge in [0.25, 0.3) is 0 Å². The van der Waals surface area contributed by atoms with Crippen molar-refractivity contribution in [3.8, 4) is 5.75 Å². The highest BCUT2D eigenvalue weighted by molar-refractivity contribution is 5.54. The number of nitrogen functional groups attached to an aromatic ring is 1. The number of nitrogens with two attached hydrogens (primary N) is 1. The van der Waals surface area contributed by atoms with Crippen LogP contribution in [0.15, 0.2) is 18.2 Å². The normalized spacial score (nSPS) is 15.9. The van der Waals surface area contributed by atoms with Crippen LogP contribution in [0.3, 0.4) is 0 Å². The summed E-state index contributed by atoms with van der Waals surface area (Å²) >= 11 is 0. The van der Waals surface area contributed by atoms with Gasteiger partial charge in [-0.3, -0.25) is 0 Å². The fraction of sp³-hybridized carbons (Fsp3) is 0.600.